The van der Waals surface area contributed by atoms with E-state index < -0.39 is 0 Å². The van der Waals surface area contributed by atoms with Gasteiger partial charge in [-0.05, 0) is 49.7 Å². The molecule has 0 aromatic heterocycles. The van der Waals surface area contributed by atoms with E-state index in [1.54, 1.807) is 42.5 Å². The normalized spacial score (nSPS) is 10.6. The Labute approximate surface area is 176 Å². The number of amides is 1. The Morgan fingerprint density at radius 1 is 1.10 bits per heavy atom. The average Bonchev–Trinajstić information content (AvgIpc) is 2.72. The largest absolute Gasteiger partial charge is 0.490 e. The van der Waals surface area contributed by atoms with Crippen molar-refractivity contribution in [3.8, 4) is 17.2 Å². The van der Waals surface area contributed by atoms with Crippen molar-refractivity contribution in [3.63, 3.8) is 0 Å². The summed E-state index contributed by atoms with van der Waals surface area (Å²) in [6.07, 6.45) is 4.00. The third-order valence-corrected chi connectivity index (χ3v) is 3.90. The van der Waals surface area contributed by atoms with Crippen molar-refractivity contribution in [2.24, 2.45) is 5.10 Å². The van der Waals surface area contributed by atoms with Crippen LogP contribution in [0.2, 0.25) is 5.02 Å². The average molecular weight is 417 g/mol. The van der Waals surface area contributed by atoms with Crippen LogP contribution >= 0.6 is 11.6 Å². The van der Waals surface area contributed by atoms with Crippen molar-refractivity contribution in [2.75, 3.05) is 19.8 Å². The van der Waals surface area contributed by atoms with Gasteiger partial charge in [0, 0.05) is 16.1 Å². The van der Waals surface area contributed by atoms with Gasteiger partial charge in [-0.15, -0.1) is 0 Å². The van der Waals surface area contributed by atoms with E-state index in [1.165, 1.54) is 6.21 Å². The zero-order valence-electron chi connectivity index (χ0n) is 16.6. The van der Waals surface area contributed by atoms with E-state index in [1.807, 2.05) is 13.8 Å². The Hall–Kier alpha value is -2.99. The maximum Gasteiger partial charge on any atom is 0.271 e. The molecule has 1 amide bonds. The lowest BCUT2D eigenvalue weighted by atomic mass is 10.2. The molecule has 1 N–H and O–H groups in total. The molecule has 154 valence electrons. The minimum absolute atomic E-state index is 0.349. The van der Waals surface area contributed by atoms with Gasteiger partial charge < -0.3 is 14.2 Å². The summed E-state index contributed by atoms with van der Waals surface area (Å²) < 4.78 is 16.8. The van der Waals surface area contributed by atoms with Crippen LogP contribution in [0.25, 0.3) is 0 Å². The van der Waals surface area contributed by atoms with Crippen molar-refractivity contribution in [3.05, 3.63) is 65.2 Å². The molecule has 2 rings (SSSR count). The molecule has 0 saturated heterocycles. The van der Waals surface area contributed by atoms with E-state index in [0.29, 0.717) is 53.2 Å². The molecule has 6 nitrogen and oxygen atoms in total. The monoisotopic (exact) mass is 416 g/mol. The van der Waals surface area contributed by atoms with Gasteiger partial charge in [-0.2, -0.15) is 5.10 Å². The number of hydrogen-bond donors (Lipinski definition) is 1. The maximum absolute atomic E-state index is 12.4. The van der Waals surface area contributed by atoms with Gasteiger partial charge in [-0.25, -0.2) is 5.43 Å². The van der Waals surface area contributed by atoms with Crippen LogP contribution in [0.1, 0.15) is 36.2 Å². The van der Waals surface area contributed by atoms with Gasteiger partial charge in [0.2, 0.25) is 0 Å². The summed E-state index contributed by atoms with van der Waals surface area (Å²) in [6, 6.07) is 10.2. The summed E-state index contributed by atoms with van der Waals surface area (Å²) in [4.78, 5) is 12.4. The number of carbonyl (C=O) groups is 1. The first-order valence-corrected chi connectivity index (χ1v) is 9.73. The summed E-state index contributed by atoms with van der Waals surface area (Å²) in [5.74, 6) is 1.34. The summed E-state index contributed by atoms with van der Waals surface area (Å²) >= 11 is 6.04. The standard InChI is InChI=1S/C22H25ClN2O4/c1-4-11-28-19-10-8-18(23)13-17(19)15-24-25-22(26)16-7-9-20(29-12-5-2)21(14-16)27-6-3/h4,7-10,13-15H,1,5-6,11-12H2,2-3H3,(H,25,26)/b24-15+. The van der Waals surface area contributed by atoms with Gasteiger partial charge >= 0.3 is 0 Å². The number of carbonyl (C=O) groups excluding carboxylic acids is 1. The third kappa shape index (κ3) is 6.84. The first-order valence-electron chi connectivity index (χ1n) is 9.35. The molecule has 0 aliphatic heterocycles. The number of nitrogens with zero attached hydrogens (tertiary/aromatic N) is 1. The highest BCUT2D eigenvalue weighted by molar-refractivity contribution is 6.30. The molecule has 0 heterocycles. The third-order valence-electron chi connectivity index (χ3n) is 3.67. The number of ether oxygens (including phenoxy) is 3. The number of hydrazone groups is 1. The second-order valence-electron chi connectivity index (χ2n) is 5.92. The van der Waals surface area contributed by atoms with Crippen LogP contribution in [0.5, 0.6) is 17.2 Å². The molecule has 2 aromatic carbocycles. The predicted octanol–water partition coefficient (Wildman–Crippen LogP) is 4.86. The van der Waals surface area contributed by atoms with Gasteiger partial charge in [0.1, 0.15) is 12.4 Å². The number of halogens is 1. The van der Waals surface area contributed by atoms with Crippen LogP contribution < -0.4 is 19.6 Å². The van der Waals surface area contributed by atoms with E-state index in [4.69, 9.17) is 25.8 Å². The predicted molar refractivity (Wildman–Crippen MR) is 116 cm³/mol. The van der Waals surface area contributed by atoms with Crippen molar-refractivity contribution in [1.82, 2.24) is 5.43 Å². The number of rotatable bonds is 11. The first kappa shape index (κ1) is 22.3. The van der Waals surface area contributed by atoms with Gasteiger partial charge in [0.15, 0.2) is 11.5 Å². The van der Waals surface area contributed by atoms with Crippen molar-refractivity contribution >= 4 is 23.7 Å². The Kier molecular flexibility index (Phi) is 9.05. The van der Waals surface area contributed by atoms with Crippen LogP contribution in [0.15, 0.2) is 54.2 Å². The number of nitrogens with one attached hydrogen (secondary N) is 1. The first-order chi connectivity index (χ1) is 14.1. The fraction of sp³-hybridized carbons (Fsp3) is 0.273. The molecular weight excluding hydrogens is 392 g/mol. The van der Waals surface area contributed by atoms with E-state index >= 15 is 0 Å². The molecule has 7 heteroatoms. The fourth-order valence-corrected chi connectivity index (χ4v) is 2.55. The van der Waals surface area contributed by atoms with E-state index in [-0.39, 0.29) is 5.91 Å². The van der Waals surface area contributed by atoms with Gasteiger partial charge in [0.25, 0.3) is 5.91 Å². The highest BCUT2D eigenvalue weighted by Gasteiger charge is 2.11. The summed E-state index contributed by atoms with van der Waals surface area (Å²) in [5, 5.41) is 4.55. The summed E-state index contributed by atoms with van der Waals surface area (Å²) in [6.45, 7) is 8.91. The molecule has 0 aliphatic carbocycles. The van der Waals surface area contributed by atoms with Crippen molar-refractivity contribution < 1.29 is 19.0 Å². The number of hydrogen-bond acceptors (Lipinski definition) is 5. The molecule has 0 bridgehead atoms. The Bertz CT molecular complexity index is 868. The lowest BCUT2D eigenvalue weighted by Crippen LogP contribution is -2.18. The molecule has 0 fully saturated rings. The number of benzene rings is 2. The fourth-order valence-electron chi connectivity index (χ4n) is 2.37. The maximum atomic E-state index is 12.4. The van der Waals surface area contributed by atoms with E-state index in [0.717, 1.165) is 6.42 Å². The molecule has 0 saturated carbocycles. The lowest BCUT2D eigenvalue weighted by Gasteiger charge is -2.12. The molecule has 0 aliphatic rings. The molecule has 0 atom stereocenters. The van der Waals surface area contributed by atoms with E-state index in [2.05, 4.69) is 17.1 Å². The highest BCUT2D eigenvalue weighted by Crippen LogP contribution is 2.28. The molecule has 2 aromatic rings. The van der Waals surface area contributed by atoms with Crippen LogP contribution in [-0.2, 0) is 0 Å². The van der Waals surface area contributed by atoms with Gasteiger partial charge in [-0.1, -0.05) is 31.2 Å². The second-order valence-corrected chi connectivity index (χ2v) is 6.36. The van der Waals surface area contributed by atoms with Crippen molar-refractivity contribution in [2.45, 2.75) is 20.3 Å². The summed E-state index contributed by atoms with van der Waals surface area (Å²) in [7, 11) is 0. The van der Waals surface area contributed by atoms with Gasteiger partial charge in [-0.3, -0.25) is 4.79 Å². The Morgan fingerprint density at radius 3 is 2.62 bits per heavy atom. The minimum atomic E-state index is -0.375. The summed E-state index contributed by atoms with van der Waals surface area (Å²) in [5.41, 5.74) is 3.54. The van der Waals surface area contributed by atoms with Gasteiger partial charge in [0.05, 0.1) is 19.4 Å². The molecule has 0 spiro atoms. The van der Waals surface area contributed by atoms with Crippen LogP contribution in [0.4, 0.5) is 0 Å². The lowest BCUT2D eigenvalue weighted by molar-refractivity contribution is 0.0954. The molecule has 0 radical (unpaired) electrons. The molecule has 0 unspecified atom stereocenters. The van der Waals surface area contributed by atoms with Crippen LogP contribution in [0.3, 0.4) is 0 Å². The SMILES string of the molecule is C=CCOc1ccc(Cl)cc1/C=N/NC(=O)c1ccc(OCCC)c(OCC)c1. The van der Waals surface area contributed by atoms with Crippen LogP contribution in [0, 0.1) is 0 Å². The second kappa shape index (κ2) is 11.8. The van der Waals surface area contributed by atoms with E-state index in [9.17, 15) is 4.79 Å². The Balaban J connectivity index is 2.11. The van der Waals surface area contributed by atoms with Crippen molar-refractivity contribution in [1.29, 1.82) is 0 Å². The quantitative estimate of drug-likeness (QED) is 0.323. The zero-order chi connectivity index (χ0) is 21.1. The Morgan fingerprint density at radius 2 is 1.90 bits per heavy atom. The smallest absolute Gasteiger partial charge is 0.271 e. The molecular formula is C22H25ClN2O4. The highest BCUT2D eigenvalue weighted by atomic mass is 35.5. The molecule has 29 heavy (non-hydrogen) atoms. The zero-order valence-corrected chi connectivity index (χ0v) is 17.4. The minimum Gasteiger partial charge on any atom is -0.490 e. The van der Waals surface area contributed by atoms with Crippen LogP contribution in [-0.4, -0.2) is 31.9 Å². The topological polar surface area (TPSA) is 69.2 Å².